The van der Waals surface area contributed by atoms with E-state index in [9.17, 15) is 0 Å². The standard InChI is InChI=1S/C12H21N3O2/c1-3-12(2)8-10(5-7-16-12)13-6-4-11-14-9-15-17-11/h9-10,13H,3-8H2,1-2H3. The molecule has 1 aliphatic heterocycles. The fourth-order valence-corrected chi connectivity index (χ4v) is 2.24. The van der Waals surface area contributed by atoms with E-state index in [0.717, 1.165) is 38.8 Å². The molecule has 0 amide bonds. The predicted molar refractivity (Wildman–Crippen MR) is 63.7 cm³/mol. The second-order valence-corrected chi connectivity index (χ2v) is 4.88. The van der Waals surface area contributed by atoms with Gasteiger partial charge in [-0.05, 0) is 26.2 Å². The maximum Gasteiger partial charge on any atom is 0.227 e. The average Bonchev–Trinajstić information content (AvgIpc) is 2.82. The van der Waals surface area contributed by atoms with Crippen LogP contribution in [0.15, 0.2) is 10.9 Å². The van der Waals surface area contributed by atoms with Gasteiger partial charge in [0.15, 0.2) is 6.33 Å². The summed E-state index contributed by atoms with van der Waals surface area (Å²) in [6, 6.07) is 0.539. The zero-order valence-corrected chi connectivity index (χ0v) is 10.6. The Morgan fingerprint density at radius 3 is 3.18 bits per heavy atom. The number of ether oxygens (including phenoxy) is 1. The van der Waals surface area contributed by atoms with Crippen LogP contribution in [0.3, 0.4) is 0 Å². The van der Waals surface area contributed by atoms with Gasteiger partial charge in [0.05, 0.1) is 5.60 Å². The highest BCUT2D eigenvalue weighted by atomic mass is 16.5. The normalized spacial score (nSPS) is 29.4. The lowest BCUT2D eigenvalue weighted by molar-refractivity contribution is -0.0778. The molecule has 0 radical (unpaired) electrons. The molecule has 2 unspecified atom stereocenters. The molecule has 1 N–H and O–H groups in total. The fourth-order valence-electron chi connectivity index (χ4n) is 2.24. The predicted octanol–water partition coefficient (Wildman–Crippen LogP) is 1.55. The van der Waals surface area contributed by atoms with Crippen LogP contribution < -0.4 is 5.32 Å². The molecule has 1 saturated heterocycles. The molecule has 1 fully saturated rings. The van der Waals surface area contributed by atoms with Crippen LogP contribution in [-0.4, -0.2) is 34.9 Å². The summed E-state index contributed by atoms with van der Waals surface area (Å²) in [5, 5.41) is 7.13. The van der Waals surface area contributed by atoms with Gasteiger partial charge in [-0.15, -0.1) is 0 Å². The third-order valence-electron chi connectivity index (χ3n) is 3.52. The van der Waals surface area contributed by atoms with Gasteiger partial charge in [0, 0.05) is 25.6 Å². The van der Waals surface area contributed by atoms with Crippen LogP contribution in [-0.2, 0) is 11.2 Å². The molecule has 5 nitrogen and oxygen atoms in total. The Bertz CT molecular complexity index is 329. The Kier molecular flexibility index (Phi) is 4.12. The lowest BCUT2D eigenvalue weighted by Crippen LogP contribution is -2.45. The van der Waals surface area contributed by atoms with Gasteiger partial charge in [0.25, 0.3) is 0 Å². The van der Waals surface area contributed by atoms with Gasteiger partial charge in [-0.3, -0.25) is 0 Å². The molecule has 5 heteroatoms. The minimum Gasteiger partial charge on any atom is -0.375 e. The first-order valence-corrected chi connectivity index (χ1v) is 6.35. The van der Waals surface area contributed by atoms with E-state index in [0.29, 0.717) is 11.9 Å². The monoisotopic (exact) mass is 239 g/mol. The van der Waals surface area contributed by atoms with E-state index in [2.05, 4.69) is 29.3 Å². The summed E-state index contributed by atoms with van der Waals surface area (Å²) in [4.78, 5) is 4.00. The van der Waals surface area contributed by atoms with Crippen LogP contribution in [0.4, 0.5) is 0 Å². The molecule has 0 saturated carbocycles. The van der Waals surface area contributed by atoms with Crippen molar-refractivity contribution in [2.75, 3.05) is 13.2 Å². The van der Waals surface area contributed by atoms with Crippen LogP contribution >= 0.6 is 0 Å². The SMILES string of the molecule is CCC1(C)CC(NCCc2ncno2)CCO1. The first-order chi connectivity index (χ1) is 8.22. The van der Waals surface area contributed by atoms with Gasteiger partial charge < -0.3 is 14.6 Å². The van der Waals surface area contributed by atoms with Crippen LogP contribution in [0.2, 0.25) is 0 Å². The second kappa shape index (κ2) is 5.60. The van der Waals surface area contributed by atoms with Gasteiger partial charge >= 0.3 is 0 Å². The number of aromatic nitrogens is 2. The van der Waals surface area contributed by atoms with Gasteiger partial charge in [0.2, 0.25) is 5.89 Å². The maximum atomic E-state index is 5.82. The molecule has 0 aliphatic carbocycles. The smallest absolute Gasteiger partial charge is 0.227 e. The van der Waals surface area contributed by atoms with Gasteiger partial charge in [0.1, 0.15) is 0 Å². The Labute approximate surface area is 102 Å². The van der Waals surface area contributed by atoms with Crippen molar-refractivity contribution in [2.24, 2.45) is 0 Å². The van der Waals surface area contributed by atoms with Gasteiger partial charge in [-0.2, -0.15) is 4.98 Å². The van der Waals surface area contributed by atoms with Crippen molar-refractivity contribution < 1.29 is 9.26 Å². The fraction of sp³-hybridized carbons (Fsp3) is 0.833. The van der Waals surface area contributed by atoms with Crippen molar-refractivity contribution in [3.8, 4) is 0 Å². The molecule has 0 spiro atoms. The van der Waals surface area contributed by atoms with Crippen molar-refractivity contribution in [2.45, 2.75) is 51.2 Å². The summed E-state index contributed by atoms with van der Waals surface area (Å²) >= 11 is 0. The summed E-state index contributed by atoms with van der Waals surface area (Å²) < 4.78 is 10.8. The highest BCUT2D eigenvalue weighted by Crippen LogP contribution is 2.27. The Balaban J connectivity index is 1.72. The van der Waals surface area contributed by atoms with E-state index in [1.807, 2.05) is 0 Å². The molecular formula is C12H21N3O2. The molecule has 17 heavy (non-hydrogen) atoms. The first kappa shape index (κ1) is 12.5. The highest BCUT2D eigenvalue weighted by molar-refractivity contribution is 4.86. The van der Waals surface area contributed by atoms with E-state index in [4.69, 9.17) is 9.26 Å². The molecule has 2 atom stereocenters. The molecule has 96 valence electrons. The summed E-state index contributed by atoms with van der Waals surface area (Å²) in [7, 11) is 0. The highest BCUT2D eigenvalue weighted by Gasteiger charge is 2.31. The van der Waals surface area contributed by atoms with Gasteiger partial charge in [-0.25, -0.2) is 0 Å². The van der Waals surface area contributed by atoms with E-state index in [-0.39, 0.29) is 5.60 Å². The molecule has 1 aromatic heterocycles. The van der Waals surface area contributed by atoms with E-state index in [1.165, 1.54) is 6.33 Å². The summed E-state index contributed by atoms with van der Waals surface area (Å²) in [5.41, 5.74) is 0.0421. The summed E-state index contributed by atoms with van der Waals surface area (Å²) in [6.45, 7) is 6.11. The topological polar surface area (TPSA) is 60.2 Å². The molecule has 2 heterocycles. The Morgan fingerprint density at radius 2 is 2.47 bits per heavy atom. The lowest BCUT2D eigenvalue weighted by atomic mass is 9.90. The van der Waals surface area contributed by atoms with Crippen LogP contribution in [0.5, 0.6) is 0 Å². The largest absolute Gasteiger partial charge is 0.375 e. The van der Waals surface area contributed by atoms with E-state index in [1.54, 1.807) is 0 Å². The number of nitrogens with one attached hydrogen (secondary N) is 1. The Morgan fingerprint density at radius 1 is 1.59 bits per heavy atom. The molecule has 1 aliphatic rings. The third kappa shape index (κ3) is 3.51. The van der Waals surface area contributed by atoms with Crippen LogP contribution in [0, 0.1) is 0 Å². The first-order valence-electron chi connectivity index (χ1n) is 6.35. The van der Waals surface area contributed by atoms with Crippen LogP contribution in [0.1, 0.15) is 39.0 Å². The van der Waals surface area contributed by atoms with Crippen molar-refractivity contribution in [1.82, 2.24) is 15.5 Å². The minimum absolute atomic E-state index is 0.0421. The zero-order chi connectivity index (χ0) is 12.1. The third-order valence-corrected chi connectivity index (χ3v) is 3.52. The number of rotatable bonds is 5. The molecule has 1 aromatic rings. The molecule has 0 bridgehead atoms. The quantitative estimate of drug-likeness (QED) is 0.844. The van der Waals surface area contributed by atoms with Crippen molar-refractivity contribution in [3.05, 3.63) is 12.2 Å². The van der Waals surface area contributed by atoms with E-state index >= 15 is 0 Å². The van der Waals surface area contributed by atoms with Crippen molar-refractivity contribution in [3.63, 3.8) is 0 Å². The number of hydrogen-bond acceptors (Lipinski definition) is 5. The van der Waals surface area contributed by atoms with Crippen LogP contribution in [0.25, 0.3) is 0 Å². The minimum atomic E-state index is 0.0421. The maximum absolute atomic E-state index is 5.82. The van der Waals surface area contributed by atoms with Gasteiger partial charge in [-0.1, -0.05) is 12.1 Å². The molecule has 2 rings (SSSR count). The Hall–Kier alpha value is -0.940. The van der Waals surface area contributed by atoms with Crippen molar-refractivity contribution >= 4 is 0 Å². The average molecular weight is 239 g/mol. The van der Waals surface area contributed by atoms with E-state index < -0.39 is 0 Å². The zero-order valence-electron chi connectivity index (χ0n) is 10.6. The number of hydrogen-bond donors (Lipinski definition) is 1. The molecular weight excluding hydrogens is 218 g/mol. The molecule has 0 aromatic carbocycles. The second-order valence-electron chi connectivity index (χ2n) is 4.88. The lowest BCUT2D eigenvalue weighted by Gasteiger charge is -2.38. The summed E-state index contributed by atoms with van der Waals surface area (Å²) in [6.07, 6.45) is 5.46. The van der Waals surface area contributed by atoms with Crippen molar-refractivity contribution in [1.29, 1.82) is 0 Å². The summed E-state index contributed by atoms with van der Waals surface area (Å²) in [5.74, 6) is 0.697. The number of nitrogens with zero attached hydrogens (tertiary/aromatic N) is 2.